The second kappa shape index (κ2) is 5.38. The Morgan fingerprint density at radius 1 is 0.952 bits per heavy atom. The van der Waals surface area contributed by atoms with Gasteiger partial charge in [-0.2, -0.15) is 0 Å². The summed E-state index contributed by atoms with van der Waals surface area (Å²) in [4.78, 5) is 23.2. The number of carbonyl (C=O) groups is 2. The van der Waals surface area contributed by atoms with Crippen molar-refractivity contribution in [1.29, 1.82) is 0 Å². The van der Waals surface area contributed by atoms with Crippen LogP contribution in [0.5, 0.6) is 0 Å². The highest BCUT2D eigenvalue weighted by atomic mass is 16.2. The van der Waals surface area contributed by atoms with E-state index in [1.165, 1.54) is 5.56 Å². The minimum atomic E-state index is -0.487. The van der Waals surface area contributed by atoms with E-state index in [4.69, 9.17) is 5.73 Å². The Bertz CT molecular complexity index is 708. The molecule has 2 aromatic carbocycles. The lowest BCUT2D eigenvalue weighted by atomic mass is 10.1. The Kier molecular flexibility index (Phi) is 3.41. The molecule has 1 heterocycles. The smallest absolute Gasteiger partial charge is 0.255 e. The topological polar surface area (TPSA) is 84.2 Å². The molecule has 0 fully saturated rings. The third-order valence-corrected chi connectivity index (χ3v) is 3.53. The number of primary amides is 1. The number of nitrogens with two attached hydrogens (primary N) is 1. The second-order valence-electron chi connectivity index (χ2n) is 4.98. The summed E-state index contributed by atoms with van der Waals surface area (Å²) in [7, 11) is 0. The summed E-state index contributed by atoms with van der Waals surface area (Å²) in [5.74, 6) is -0.657. The maximum atomic E-state index is 12.2. The predicted octanol–water partition coefficient (Wildman–Crippen LogP) is 1.64. The molecule has 106 valence electrons. The van der Waals surface area contributed by atoms with Crippen molar-refractivity contribution in [2.24, 2.45) is 5.73 Å². The highest BCUT2D eigenvalue weighted by Crippen LogP contribution is 2.18. The molecule has 1 aliphatic rings. The highest BCUT2D eigenvalue weighted by molar-refractivity contribution is 6.04. The maximum absolute atomic E-state index is 12.2. The van der Waals surface area contributed by atoms with Crippen LogP contribution in [0, 0.1) is 0 Å². The number of benzene rings is 2. The van der Waals surface area contributed by atoms with Crippen molar-refractivity contribution >= 4 is 17.5 Å². The van der Waals surface area contributed by atoms with E-state index in [1.807, 2.05) is 18.2 Å². The third kappa shape index (κ3) is 2.78. The molecule has 5 nitrogen and oxygen atoms in total. The van der Waals surface area contributed by atoms with E-state index in [1.54, 1.807) is 24.3 Å². The third-order valence-electron chi connectivity index (χ3n) is 3.53. The fourth-order valence-corrected chi connectivity index (χ4v) is 2.36. The summed E-state index contributed by atoms with van der Waals surface area (Å²) in [6, 6.07) is 12.2. The van der Waals surface area contributed by atoms with Crippen LogP contribution < -0.4 is 16.4 Å². The zero-order valence-corrected chi connectivity index (χ0v) is 11.3. The summed E-state index contributed by atoms with van der Waals surface area (Å²) in [6.07, 6.45) is 0. The molecule has 4 N–H and O–H groups in total. The zero-order valence-electron chi connectivity index (χ0n) is 11.3. The Morgan fingerprint density at radius 3 is 2.33 bits per heavy atom. The van der Waals surface area contributed by atoms with Crippen LogP contribution in [0.3, 0.4) is 0 Å². The molecule has 2 aromatic rings. The Morgan fingerprint density at radius 2 is 1.62 bits per heavy atom. The Hall–Kier alpha value is -2.66. The van der Waals surface area contributed by atoms with Crippen molar-refractivity contribution < 1.29 is 9.59 Å². The first-order chi connectivity index (χ1) is 10.1. The summed E-state index contributed by atoms with van der Waals surface area (Å²) in [6.45, 7) is 1.65. The number of rotatable bonds is 3. The van der Waals surface area contributed by atoms with Crippen LogP contribution in [0.2, 0.25) is 0 Å². The lowest BCUT2D eigenvalue weighted by Gasteiger charge is -2.07. The van der Waals surface area contributed by atoms with Crippen LogP contribution in [0.4, 0.5) is 5.69 Å². The molecule has 2 amide bonds. The molecule has 0 saturated heterocycles. The largest absolute Gasteiger partial charge is 0.366 e. The first-order valence-corrected chi connectivity index (χ1v) is 6.67. The van der Waals surface area contributed by atoms with E-state index < -0.39 is 5.91 Å². The molecule has 3 rings (SSSR count). The molecule has 0 bridgehead atoms. The van der Waals surface area contributed by atoms with Gasteiger partial charge in [-0.3, -0.25) is 9.59 Å². The fourth-order valence-electron chi connectivity index (χ4n) is 2.36. The minimum absolute atomic E-state index is 0.170. The number of hydrogen-bond acceptors (Lipinski definition) is 3. The van der Waals surface area contributed by atoms with Gasteiger partial charge in [0.05, 0.1) is 0 Å². The predicted molar refractivity (Wildman–Crippen MR) is 79.9 cm³/mol. The first-order valence-electron chi connectivity index (χ1n) is 6.67. The van der Waals surface area contributed by atoms with Gasteiger partial charge in [-0.1, -0.05) is 6.07 Å². The molecule has 5 heteroatoms. The maximum Gasteiger partial charge on any atom is 0.255 e. The Balaban J connectivity index is 1.75. The van der Waals surface area contributed by atoms with E-state index in [2.05, 4.69) is 10.6 Å². The van der Waals surface area contributed by atoms with Gasteiger partial charge in [0.15, 0.2) is 0 Å². The highest BCUT2D eigenvalue weighted by Gasteiger charge is 2.13. The monoisotopic (exact) mass is 281 g/mol. The van der Waals surface area contributed by atoms with Crippen LogP contribution in [-0.2, 0) is 13.1 Å². The molecular weight excluding hydrogens is 266 g/mol. The van der Waals surface area contributed by atoms with Crippen LogP contribution in [0.1, 0.15) is 31.8 Å². The van der Waals surface area contributed by atoms with Gasteiger partial charge >= 0.3 is 0 Å². The molecular formula is C16H15N3O2. The molecule has 1 aliphatic heterocycles. The van der Waals surface area contributed by atoms with E-state index >= 15 is 0 Å². The van der Waals surface area contributed by atoms with Gasteiger partial charge in [-0.15, -0.1) is 0 Å². The molecule has 0 aromatic heterocycles. The van der Waals surface area contributed by atoms with Gasteiger partial charge in [0.25, 0.3) is 5.91 Å². The molecule has 0 spiro atoms. The fraction of sp³-hybridized carbons (Fsp3) is 0.125. The minimum Gasteiger partial charge on any atom is -0.366 e. The molecule has 0 unspecified atom stereocenters. The van der Waals surface area contributed by atoms with Crippen molar-refractivity contribution in [3.05, 3.63) is 64.7 Å². The van der Waals surface area contributed by atoms with E-state index in [0.717, 1.165) is 18.7 Å². The van der Waals surface area contributed by atoms with Crippen LogP contribution in [0.25, 0.3) is 0 Å². The molecule has 0 radical (unpaired) electrons. The van der Waals surface area contributed by atoms with Crippen molar-refractivity contribution in [2.45, 2.75) is 13.1 Å². The van der Waals surface area contributed by atoms with Gasteiger partial charge in [0.1, 0.15) is 0 Å². The average molecular weight is 281 g/mol. The van der Waals surface area contributed by atoms with Crippen molar-refractivity contribution in [1.82, 2.24) is 5.32 Å². The molecule has 0 saturated carbocycles. The number of nitrogens with one attached hydrogen (secondary N) is 2. The first kappa shape index (κ1) is 13.3. The normalized spacial score (nSPS) is 12.8. The van der Waals surface area contributed by atoms with E-state index in [9.17, 15) is 9.59 Å². The summed E-state index contributed by atoms with van der Waals surface area (Å²) < 4.78 is 0. The summed E-state index contributed by atoms with van der Waals surface area (Å²) in [5.41, 5.74) is 9.23. The molecule has 21 heavy (non-hydrogen) atoms. The van der Waals surface area contributed by atoms with Crippen LogP contribution >= 0.6 is 0 Å². The molecule has 0 atom stereocenters. The van der Waals surface area contributed by atoms with Crippen LogP contribution in [-0.4, -0.2) is 11.8 Å². The second-order valence-corrected chi connectivity index (χ2v) is 4.98. The number of fused-ring (bicyclic) bond motifs is 1. The zero-order chi connectivity index (χ0) is 14.8. The van der Waals surface area contributed by atoms with Crippen molar-refractivity contribution in [3.63, 3.8) is 0 Å². The standard InChI is InChI=1S/C16H15N3O2/c17-15(20)10-3-5-14(6-4-10)19-16(21)11-1-2-12-8-18-9-13(12)7-11/h1-7,18H,8-9H2,(H2,17,20)(H,19,21). The molecule has 0 aliphatic carbocycles. The summed E-state index contributed by atoms with van der Waals surface area (Å²) in [5, 5.41) is 6.05. The Labute approximate surface area is 122 Å². The van der Waals surface area contributed by atoms with Gasteiger partial charge in [-0.25, -0.2) is 0 Å². The number of anilines is 1. The van der Waals surface area contributed by atoms with Gasteiger partial charge in [0, 0.05) is 29.9 Å². The lowest BCUT2D eigenvalue weighted by Crippen LogP contribution is -2.13. The van der Waals surface area contributed by atoms with E-state index in [0.29, 0.717) is 16.8 Å². The van der Waals surface area contributed by atoms with Gasteiger partial charge < -0.3 is 16.4 Å². The van der Waals surface area contributed by atoms with Crippen molar-refractivity contribution in [2.75, 3.05) is 5.32 Å². The summed E-state index contributed by atoms with van der Waals surface area (Å²) >= 11 is 0. The number of hydrogen-bond donors (Lipinski definition) is 3. The van der Waals surface area contributed by atoms with Gasteiger partial charge in [-0.05, 0) is 47.5 Å². The average Bonchev–Trinajstić information content (AvgIpc) is 2.95. The number of carbonyl (C=O) groups excluding carboxylic acids is 2. The quantitative estimate of drug-likeness (QED) is 0.799. The number of amides is 2. The lowest BCUT2D eigenvalue weighted by molar-refractivity contribution is 0.0998. The van der Waals surface area contributed by atoms with Crippen LogP contribution in [0.15, 0.2) is 42.5 Å². The van der Waals surface area contributed by atoms with Crippen molar-refractivity contribution in [3.8, 4) is 0 Å². The van der Waals surface area contributed by atoms with E-state index in [-0.39, 0.29) is 5.91 Å². The SMILES string of the molecule is NC(=O)c1ccc(NC(=O)c2ccc3c(c2)CNC3)cc1. The van der Waals surface area contributed by atoms with Gasteiger partial charge in [0.2, 0.25) is 5.91 Å².